The standard InChI is InChI=1S/C12H12AtFN4O4/c1-22-10-5-4(2-3(15)12(20)21)17-18-9(5)8(14)7(13)6(10)11(16)19/h3H,2,15H2,1H3,(H2,16,19)(H,17,18)(H,20,21). The van der Waals surface area contributed by atoms with Crippen molar-refractivity contribution in [1.82, 2.24) is 10.2 Å². The molecule has 0 aliphatic rings. The van der Waals surface area contributed by atoms with E-state index in [2.05, 4.69) is 10.2 Å². The molecule has 0 saturated carbocycles. The molecule has 0 saturated heterocycles. The van der Waals surface area contributed by atoms with Crippen LogP contribution in [-0.4, -0.2) is 40.3 Å². The van der Waals surface area contributed by atoms with Gasteiger partial charge in [-0.15, -0.1) is 0 Å². The average Bonchev–Trinajstić information content (AvgIpc) is 2.85. The second kappa shape index (κ2) is 6.14. The zero-order valence-electron chi connectivity index (χ0n) is 11.3. The molecule has 0 radical (unpaired) electrons. The molecule has 6 N–H and O–H groups in total. The van der Waals surface area contributed by atoms with Crippen LogP contribution in [-0.2, 0) is 11.2 Å². The molecule has 0 bridgehead atoms. The number of halogens is 1. The number of aliphatic carboxylic acids is 1. The van der Waals surface area contributed by atoms with Crippen molar-refractivity contribution in [2.75, 3.05) is 7.11 Å². The van der Waals surface area contributed by atoms with Crippen LogP contribution in [0.25, 0.3) is 10.9 Å². The monoisotopic (exact) mass is 505 g/mol. The minimum atomic E-state index is -1.22. The van der Waals surface area contributed by atoms with Gasteiger partial charge in [0, 0.05) is 0 Å². The van der Waals surface area contributed by atoms with Crippen molar-refractivity contribution >= 4 is 26.1 Å². The van der Waals surface area contributed by atoms with Crippen LogP contribution in [0.2, 0.25) is 0 Å². The van der Waals surface area contributed by atoms with Gasteiger partial charge < -0.3 is 0 Å². The summed E-state index contributed by atoms with van der Waals surface area (Å²) < 4.78 is 19.6. The van der Waals surface area contributed by atoms with E-state index in [0.717, 1.165) is 24.7 Å². The second-order valence-electron chi connectivity index (χ2n) is 4.48. The fourth-order valence-corrected chi connectivity index (χ4v) is 3.14. The normalized spacial score (nSPS) is 12.4. The number of fused-ring (bicyclic) bond motifs is 1. The van der Waals surface area contributed by atoms with Crippen LogP contribution in [0.15, 0.2) is 0 Å². The summed E-state index contributed by atoms with van der Waals surface area (Å²) in [7, 11) is 1.30. The Balaban J connectivity index is 2.77. The summed E-state index contributed by atoms with van der Waals surface area (Å²) >= 11 is 0.920. The summed E-state index contributed by atoms with van der Waals surface area (Å²) in [5, 5.41) is 15.4. The third kappa shape index (κ3) is 2.64. The number of amides is 1. The Bertz CT molecular complexity index is 776. The number of nitrogens with zero attached hydrogens (tertiary/aromatic N) is 1. The SMILES string of the molecule is COc1c(C(N)=O)c([At])c(F)c2n[nH]c(CC(N)C(=O)O)c12. The van der Waals surface area contributed by atoms with Gasteiger partial charge in [-0.1, -0.05) is 0 Å². The molecule has 0 aliphatic carbocycles. The molecule has 8 nitrogen and oxygen atoms in total. The molecule has 1 unspecified atom stereocenters. The van der Waals surface area contributed by atoms with Crippen LogP contribution in [0.4, 0.5) is 4.39 Å². The summed E-state index contributed by atoms with van der Waals surface area (Å²) in [5.41, 5.74) is 10.9. The number of primary amides is 1. The van der Waals surface area contributed by atoms with Gasteiger partial charge in [-0.25, -0.2) is 0 Å². The number of rotatable bonds is 5. The quantitative estimate of drug-likeness (QED) is 0.408. The third-order valence-electron chi connectivity index (χ3n) is 3.11. The first-order valence-electron chi connectivity index (χ1n) is 5.99. The number of hydrogen-bond acceptors (Lipinski definition) is 5. The van der Waals surface area contributed by atoms with Crippen molar-refractivity contribution < 1.29 is 48.5 Å². The Hall–Kier alpha value is -1.80. The molecule has 10 heteroatoms. The zero-order chi connectivity index (χ0) is 16.6. The predicted octanol–water partition coefficient (Wildman–Crippen LogP) is -1.06. The van der Waals surface area contributed by atoms with E-state index in [4.69, 9.17) is 21.3 Å². The van der Waals surface area contributed by atoms with Gasteiger partial charge in [0.1, 0.15) is 0 Å². The van der Waals surface area contributed by atoms with Crippen LogP contribution in [0.3, 0.4) is 0 Å². The molecule has 0 fully saturated rings. The summed E-state index contributed by atoms with van der Waals surface area (Å²) in [6.07, 6.45) is -0.131. The fraction of sp³-hybridized carbons (Fsp3) is 0.250. The number of carboxylic acid groups (broad SMARTS) is 1. The number of nitrogens with two attached hydrogens (primary N) is 2. The summed E-state index contributed by atoms with van der Waals surface area (Å²) in [5.74, 6) is -2.70. The molecule has 1 amide bonds. The van der Waals surface area contributed by atoms with Crippen LogP contribution < -0.4 is 19.5 Å². The van der Waals surface area contributed by atoms with Gasteiger partial charge in [0.25, 0.3) is 0 Å². The van der Waals surface area contributed by atoms with E-state index >= 15 is 0 Å². The van der Waals surface area contributed by atoms with Gasteiger partial charge in [0.15, 0.2) is 0 Å². The van der Waals surface area contributed by atoms with E-state index in [1.165, 1.54) is 7.11 Å². The molecule has 1 aromatic carbocycles. The Morgan fingerprint density at radius 2 is 2.18 bits per heavy atom. The van der Waals surface area contributed by atoms with Gasteiger partial charge in [-0.2, -0.15) is 0 Å². The van der Waals surface area contributed by atoms with Crippen molar-refractivity contribution in [2.45, 2.75) is 12.5 Å². The molecule has 2 aromatic rings. The summed E-state index contributed by atoms with van der Waals surface area (Å²) in [6, 6.07) is -1.21. The first-order valence-corrected chi connectivity index (χ1v) is 7.46. The fourth-order valence-electron chi connectivity index (χ4n) is 2.10. The van der Waals surface area contributed by atoms with Crippen LogP contribution >= 0.6 is 0 Å². The van der Waals surface area contributed by atoms with Crippen LogP contribution in [0, 0.1) is 30.5 Å². The predicted molar refractivity (Wildman–Crippen MR) is 70.1 cm³/mol. The zero-order valence-corrected chi connectivity index (χ0v) is 14.3. The van der Waals surface area contributed by atoms with Crippen molar-refractivity contribution in [1.29, 1.82) is 0 Å². The maximum atomic E-state index is 14.4. The van der Waals surface area contributed by atoms with E-state index in [1.807, 2.05) is 0 Å². The Labute approximate surface area is 138 Å². The van der Waals surface area contributed by atoms with E-state index in [9.17, 15) is 14.0 Å². The molecular weight excluding hydrogens is 493 g/mol. The van der Waals surface area contributed by atoms with Gasteiger partial charge in [-0.3, -0.25) is 0 Å². The number of benzene rings is 1. The summed E-state index contributed by atoms with van der Waals surface area (Å²) in [6.45, 7) is 0. The molecule has 0 spiro atoms. The van der Waals surface area contributed by atoms with E-state index in [0.29, 0.717) is 0 Å². The molecule has 1 heterocycles. The van der Waals surface area contributed by atoms with Gasteiger partial charge in [0.05, 0.1) is 0 Å². The van der Waals surface area contributed by atoms with Crippen molar-refractivity contribution in [3.63, 3.8) is 0 Å². The van der Waals surface area contributed by atoms with Crippen molar-refractivity contribution in [3.05, 3.63) is 17.1 Å². The molecule has 2 rings (SSSR count). The van der Waals surface area contributed by atoms with Gasteiger partial charge >= 0.3 is 139 Å². The van der Waals surface area contributed by atoms with E-state index in [1.54, 1.807) is 0 Å². The molecular formula is C12H12AtFN4O4. The van der Waals surface area contributed by atoms with Gasteiger partial charge in [0.2, 0.25) is 0 Å². The Morgan fingerprint density at radius 1 is 1.55 bits per heavy atom. The number of carboxylic acids is 1. The number of methoxy groups -OCH3 is 1. The minimum absolute atomic E-state index is 0.0491. The maximum absolute atomic E-state index is 14.4. The molecule has 118 valence electrons. The number of carbonyl (C=O) groups excluding carboxylic acids is 1. The average molecular weight is 505 g/mol. The first-order chi connectivity index (χ1) is 10.3. The molecule has 1 atom stereocenters. The number of aromatic amines is 1. The van der Waals surface area contributed by atoms with Crippen LogP contribution in [0.5, 0.6) is 5.75 Å². The third-order valence-corrected chi connectivity index (χ3v) is 4.49. The first kappa shape index (κ1) is 16.6. The number of aromatic nitrogens is 2. The van der Waals surface area contributed by atoms with Crippen molar-refractivity contribution in [3.8, 4) is 5.75 Å². The Morgan fingerprint density at radius 3 is 2.68 bits per heavy atom. The molecule has 1 aromatic heterocycles. The van der Waals surface area contributed by atoms with Crippen LogP contribution in [0.1, 0.15) is 16.1 Å². The number of nitrogens with one attached hydrogen (secondary N) is 1. The van der Waals surface area contributed by atoms with Crippen molar-refractivity contribution in [2.24, 2.45) is 11.5 Å². The molecule has 0 aliphatic heterocycles. The van der Waals surface area contributed by atoms with E-state index in [-0.39, 0.29) is 37.6 Å². The van der Waals surface area contributed by atoms with E-state index < -0.39 is 23.7 Å². The van der Waals surface area contributed by atoms with Gasteiger partial charge in [-0.05, 0) is 0 Å². The topological polar surface area (TPSA) is 144 Å². The summed E-state index contributed by atoms with van der Waals surface area (Å²) in [4.78, 5) is 22.5. The number of carbonyl (C=O) groups is 2. The number of hydrogen-bond donors (Lipinski definition) is 4. The number of H-pyrrole nitrogens is 1. The second-order valence-corrected chi connectivity index (χ2v) is 5.94. The number of ether oxygens (including phenoxy) is 1. The Kier molecular flexibility index (Phi) is 4.62. The molecule has 22 heavy (non-hydrogen) atoms.